The molecule has 21 heavy (non-hydrogen) atoms. The lowest BCUT2D eigenvalue weighted by atomic mass is 10.1. The SMILES string of the molecule is O=C(Cc1cccc(Br)c1)Nc1cc(C#CCO)ccn1. The number of aromatic nitrogens is 1. The zero-order valence-corrected chi connectivity index (χ0v) is 12.7. The summed E-state index contributed by atoms with van der Waals surface area (Å²) in [5, 5.41) is 11.4. The molecule has 0 radical (unpaired) electrons. The maximum atomic E-state index is 12.0. The molecule has 0 aliphatic rings. The van der Waals surface area contributed by atoms with E-state index in [4.69, 9.17) is 5.11 Å². The van der Waals surface area contributed by atoms with Gasteiger partial charge in [0.15, 0.2) is 0 Å². The van der Waals surface area contributed by atoms with Crippen molar-refractivity contribution in [1.82, 2.24) is 4.98 Å². The fourth-order valence-electron chi connectivity index (χ4n) is 1.74. The zero-order valence-electron chi connectivity index (χ0n) is 11.1. The second kappa shape index (κ2) is 7.58. The van der Waals surface area contributed by atoms with Crippen LogP contribution in [0.5, 0.6) is 0 Å². The van der Waals surface area contributed by atoms with Crippen molar-refractivity contribution in [2.45, 2.75) is 6.42 Å². The van der Waals surface area contributed by atoms with Gasteiger partial charge in [-0.15, -0.1) is 0 Å². The summed E-state index contributed by atoms with van der Waals surface area (Å²) in [5.41, 5.74) is 1.61. The molecule has 0 bridgehead atoms. The number of carbonyl (C=O) groups is 1. The second-order valence-corrected chi connectivity index (χ2v) is 5.16. The number of hydrogen-bond donors (Lipinski definition) is 2. The lowest BCUT2D eigenvalue weighted by Crippen LogP contribution is -2.15. The van der Waals surface area contributed by atoms with Crippen LogP contribution in [0.25, 0.3) is 0 Å². The van der Waals surface area contributed by atoms with Gasteiger partial charge in [-0.05, 0) is 29.8 Å². The number of carbonyl (C=O) groups excluding carboxylic acids is 1. The van der Waals surface area contributed by atoms with E-state index in [0.29, 0.717) is 11.4 Å². The third kappa shape index (κ3) is 5.03. The predicted molar refractivity (Wildman–Crippen MR) is 84.7 cm³/mol. The molecule has 4 nitrogen and oxygen atoms in total. The fourth-order valence-corrected chi connectivity index (χ4v) is 2.18. The normalized spacial score (nSPS) is 9.62. The van der Waals surface area contributed by atoms with Crippen molar-refractivity contribution in [1.29, 1.82) is 0 Å². The molecule has 1 heterocycles. The summed E-state index contributed by atoms with van der Waals surface area (Å²) in [6.45, 7) is -0.201. The molecular formula is C16H13BrN2O2. The molecule has 1 aromatic heterocycles. The Labute approximate surface area is 131 Å². The van der Waals surface area contributed by atoms with E-state index < -0.39 is 0 Å². The molecule has 0 fully saturated rings. The average molecular weight is 345 g/mol. The third-order valence-corrected chi connectivity index (χ3v) is 3.09. The van der Waals surface area contributed by atoms with Crippen molar-refractivity contribution >= 4 is 27.7 Å². The fraction of sp³-hybridized carbons (Fsp3) is 0.125. The minimum absolute atomic E-state index is 0.145. The molecule has 106 valence electrons. The van der Waals surface area contributed by atoms with Crippen LogP contribution < -0.4 is 5.32 Å². The number of rotatable bonds is 3. The third-order valence-electron chi connectivity index (χ3n) is 2.59. The molecule has 0 unspecified atom stereocenters. The molecule has 2 rings (SSSR count). The standard InChI is InChI=1S/C16H13BrN2O2/c17-14-5-1-3-13(9-14)11-16(21)19-15-10-12(4-2-8-20)6-7-18-15/h1,3,5-7,9-10,20H,8,11H2,(H,18,19,21). The van der Waals surface area contributed by atoms with Crippen molar-refractivity contribution in [2.24, 2.45) is 0 Å². The molecule has 0 saturated heterocycles. The maximum absolute atomic E-state index is 12.0. The molecular weight excluding hydrogens is 332 g/mol. The highest BCUT2D eigenvalue weighted by molar-refractivity contribution is 9.10. The minimum Gasteiger partial charge on any atom is -0.384 e. The number of benzene rings is 1. The van der Waals surface area contributed by atoms with Crippen LogP contribution in [0.3, 0.4) is 0 Å². The summed E-state index contributed by atoms with van der Waals surface area (Å²) < 4.78 is 0.937. The van der Waals surface area contributed by atoms with Gasteiger partial charge in [-0.25, -0.2) is 4.98 Å². The van der Waals surface area contributed by atoms with Crippen LogP contribution in [0, 0.1) is 11.8 Å². The molecule has 1 amide bonds. The van der Waals surface area contributed by atoms with Crippen LogP contribution in [-0.2, 0) is 11.2 Å². The Balaban J connectivity index is 2.02. The van der Waals surface area contributed by atoms with Gasteiger partial charge in [0.2, 0.25) is 5.91 Å². The molecule has 0 atom stereocenters. The summed E-state index contributed by atoms with van der Waals surface area (Å²) in [4.78, 5) is 16.1. The highest BCUT2D eigenvalue weighted by Crippen LogP contribution is 2.13. The minimum atomic E-state index is -0.201. The molecule has 2 N–H and O–H groups in total. The van der Waals surface area contributed by atoms with Crippen LogP contribution in [0.15, 0.2) is 47.1 Å². The highest BCUT2D eigenvalue weighted by Gasteiger charge is 2.05. The predicted octanol–water partition coefficient (Wildman–Crippen LogP) is 2.37. The highest BCUT2D eigenvalue weighted by atomic mass is 79.9. The first-order valence-corrected chi connectivity index (χ1v) is 7.07. The lowest BCUT2D eigenvalue weighted by molar-refractivity contribution is -0.115. The van der Waals surface area contributed by atoms with Crippen LogP contribution in [0.1, 0.15) is 11.1 Å². The molecule has 0 aliphatic carbocycles. The molecule has 2 aromatic rings. The number of aliphatic hydroxyl groups excluding tert-OH is 1. The monoisotopic (exact) mass is 344 g/mol. The van der Waals surface area contributed by atoms with Crippen molar-refractivity contribution in [3.8, 4) is 11.8 Å². The Morgan fingerprint density at radius 3 is 2.95 bits per heavy atom. The lowest BCUT2D eigenvalue weighted by Gasteiger charge is -2.05. The second-order valence-electron chi connectivity index (χ2n) is 4.24. The van der Waals surface area contributed by atoms with E-state index in [1.54, 1.807) is 18.3 Å². The number of hydrogen-bond acceptors (Lipinski definition) is 3. The van der Waals surface area contributed by atoms with Gasteiger partial charge in [0.1, 0.15) is 12.4 Å². The van der Waals surface area contributed by atoms with Gasteiger partial charge in [0.25, 0.3) is 0 Å². The van der Waals surface area contributed by atoms with Gasteiger partial charge in [0, 0.05) is 16.2 Å². The Morgan fingerprint density at radius 1 is 1.33 bits per heavy atom. The Hall–Kier alpha value is -2.16. The molecule has 1 aromatic carbocycles. The summed E-state index contributed by atoms with van der Waals surface area (Å²) in [5.74, 6) is 5.62. The number of pyridine rings is 1. The first-order chi connectivity index (χ1) is 10.2. The molecule has 5 heteroatoms. The smallest absolute Gasteiger partial charge is 0.229 e. The van der Waals surface area contributed by atoms with E-state index in [0.717, 1.165) is 10.0 Å². The van der Waals surface area contributed by atoms with Gasteiger partial charge in [-0.2, -0.15) is 0 Å². The van der Waals surface area contributed by atoms with E-state index in [1.807, 2.05) is 24.3 Å². The summed E-state index contributed by atoms with van der Waals surface area (Å²) in [7, 11) is 0. The quantitative estimate of drug-likeness (QED) is 0.840. The number of anilines is 1. The van der Waals surface area contributed by atoms with Crippen molar-refractivity contribution in [3.63, 3.8) is 0 Å². The average Bonchev–Trinajstić information content (AvgIpc) is 2.45. The first kappa shape index (κ1) is 15.2. The molecule has 0 saturated carbocycles. The Kier molecular flexibility index (Phi) is 5.50. The summed E-state index contributed by atoms with van der Waals surface area (Å²) >= 11 is 3.37. The van der Waals surface area contributed by atoms with Gasteiger partial charge < -0.3 is 10.4 Å². The van der Waals surface area contributed by atoms with Crippen molar-refractivity contribution in [3.05, 3.63) is 58.2 Å². The van der Waals surface area contributed by atoms with Gasteiger partial charge in [-0.3, -0.25) is 4.79 Å². The van der Waals surface area contributed by atoms with Crippen LogP contribution in [0.4, 0.5) is 5.82 Å². The van der Waals surface area contributed by atoms with E-state index >= 15 is 0 Å². The number of amides is 1. The van der Waals surface area contributed by atoms with E-state index in [-0.39, 0.29) is 18.9 Å². The maximum Gasteiger partial charge on any atom is 0.229 e. The van der Waals surface area contributed by atoms with Crippen LogP contribution in [-0.4, -0.2) is 22.6 Å². The topological polar surface area (TPSA) is 62.2 Å². The van der Waals surface area contributed by atoms with Crippen LogP contribution >= 0.6 is 15.9 Å². The largest absolute Gasteiger partial charge is 0.384 e. The number of aliphatic hydroxyl groups is 1. The number of nitrogens with zero attached hydrogens (tertiary/aromatic N) is 1. The van der Waals surface area contributed by atoms with Gasteiger partial charge in [-0.1, -0.05) is 39.9 Å². The van der Waals surface area contributed by atoms with Gasteiger partial charge >= 0.3 is 0 Å². The van der Waals surface area contributed by atoms with Crippen molar-refractivity contribution < 1.29 is 9.90 Å². The Bertz CT molecular complexity index is 705. The first-order valence-electron chi connectivity index (χ1n) is 6.27. The van der Waals surface area contributed by atoms with Gasteiger partial charge in [0.05, 0.1) is 6.42 Å². The van der Waals surface area contributed by atoms with E-state index in [1.165, 1.54) is 0 Å². The molecule has 0 spiro atoms. The number of halogens is 1. The summed E-state index contributed by atoms with van der Waals surface area (Å²) in [6, 6.07) is 11.0. The van der Waals surface area contributed by atoms with Crippen LogP contribution in [0.2, 0.25) is 0 Å². The zero-order chi connectivity index (χ0) is 15.1. The van der Waals surface area contributed by atoms with Crippen molar-refractivity contribution in [2.75, 3.05) is 11.9 Å². The van der Waals surface area contributed by atoms with E-state index in [9.17, 15) is 4.79 Å². The molecule has 0 aliphatic heterocycles. The Morgan fingerprint density at radius 2 is 2.19 bits per heavy atom. The number of nitrogens with one attached hydrogen (secondary N) is 1. The van der Waals surface area contributed by atoms with E-state index in [2.05, 4.69) is 38.1 Å². The summed E-state index contributed by atoms with van der Waals surface area (Å²) in [6.07, 6.45) is 1.84.